The van der Waals surface area contributed by atoms with Crippen molar-refractivity contribution >= 4 is 64.9 Å². The second-order valence-electron chi connectivity index (χ2n) is 9.44. The Hall–Kier alpha value is -4.69. The standard InChI is InChI=1S/C34H20FN/c35-21-17-19-22(20-18-21)36-30-16-8-7-15-29(30)33-32-26-12-4-2-10-24(26)23-9-1-3-11-25(23)31(32)27-13-5-6-14-28(27)34(33)36/h1-20H. The maximum absolute atomic E-state index is 13.9. The zero-order valence-electron chi connectivity index (χ0n) is 19.4. The van der Waals surface area contributed by atoms with Crippen LogP contribution in [0.5, 0.6) is 0 Å². The molecule has 0 aliphatic rings. The van der Waals surface area contributed by atoms with Gasteiger partial charge in [-0.15, -0.1) is 0 Å². The second kappa shape index (κ2) is 7.16. The lowest BCUT2D eigenvalue weighted by atomic mass is 9.88. The summed E-state index contributed by atoms with van der Waals surface area (Å²) in [5.74, 6) is -0.229. The lowest BCUT2D eigenvalue weighted by Crippen LogP contribution is -1.95. The molecule has 0 bridgehead atoms. The van der Waals surface area contributed by atoms with Crippen LogP contribution in [-0.2, 0) is 0 Å². The lowest BCUT2D eigenvalue weighted by molar-refractivity contribution is 0.627. The average Bonchev–Trinajstić information content (AvgIpc) is 3.29. The summed E-state index contributed by atoms with van der Waals surface area (Å²) in [6, 6.07) is 41.6. The highest BCUT2D eigenvalue weighted by atomic mass is 19.1. The van der Waals surface area contributed by atoms with E-state index in [0.717, 1.165) is 16.7 Å². The maximum Gasteiger partial charge on any atom is 0.123 e. The first kappa shape index (κ1) is 19.6. The predicted molar refractivity (Wildman–Crippen MR) is 151 cm³/mol. The normalized spacial score (nSPS) is 12.0. The highest BCUT2D eigenvalue weighted by Crippen LogP contribution is 2.47. The molecule has 0 atom stereocenters. The Morgan fingerprint density at radius 2 is 0.861 bits per heavy atom. The number of rotatable bonds is 1. The van der Waals surface area contributed by atoms with Crippen molar-refractivity contribution in [1.82, 2.24) is 4.57 Å². The van der Waals surface area contributed by atoms with Crippen molar-refractivity contribution in [3.8, 4) is 5.69 Å². The van der Waals surface area contributed by atoms with E-state index in [4.69, 9.17) is 0 Å². The maximum atomic E-state index is 13.9. The fourth-order valence-electron chi connectivity index (χ4n) is 6.19. The molecule has 0 aliphatic carbocycles. The van der Waals surface area contributed by atoms with Crippen molar-refractivity contribution in [3.63, 3.8) is 0 Å². The molecule has 0 aliphatic heterocycles. The van der Waals surface area contributed by atoms with Crippen molar-refractivity contribution < 1.29 is 4.39 Å². The Bertz CT molecular complexity index is 2150. The van der Waals surface area contributed by atoms with Gasteiger partial charge in [0.1, 0.15) is 5.82 Å². The van der Waals surface area contributed by atoms with E-state index in [1.807, 2.05) is 12.1 Å². The summed E-state index contributed by atoms with van der Waals surface area (Å²) in [4.78, 5) is 0. The fourth-order valence-corrected chi connectivity index (χ4v) is 6.19. The van der Waals surface area contributed by atoms with Gasteiger partial charge < -0.3 is 4.57 Å². The molecule has 7 aromatic carbocycles. The predicted octanol–water partition coefficient (Wildman–Crippen LogP) is 9.54. The van der Waals surface area contributed by atoms with Crippen LogP contribution in [-0.4, -0.2) is 4.57 Å². The van der Waals surface area contributed by atoms with Gasteiger partial charge in [-0.1, -0.05) is 91.0 Å². The smallest absolute Gasteiger partial charge is 0.123 e. The van der Waals surface area contributed by atoms with Crippen LogP contribution in [0.3, 0.4) is 0 Å². The molecule has 0 fully saturated rings. The molecule has 1 aromatic heterocycles. The molecule has 0 radical (unpaired) electrons. The van der Waals surface area contributed by atoms with E-state index in [2.05, 4.69) is 102 Å². The monoisotopic (exact) mass is 461 g/mol. The molecule has 36 heavy (non-hydrogen) atoms. The van der Waals surface area contributed by atoms with Gasteiger partial charge in [-0.3, -0.25) is 0 Å². The SMILES string of the molecule is Fc1ccc(-n2c3ccccc3c3c4c5ccccc5c5ccccc5c4c4ccccc4c32)cc1. The van der Waals surface area contributed by atoms with E-state index >= 15 is 0 Å². The van der Waals surface area contributed by atoms with Gasteiger partial charge in [0.25, 0.3) is 0 Å². The minimum absolute atomic E-state index is 0.229. The summed E-state index contributed by atoms with van der Waals surface area (Å²) in [7, 11) is 0. The first-order chi connectivity index (χ1) is 17.8. The van der Waals surface area contributed by atoms with E-state index in [1.165, 1.54) is 53.9 Å². The van der Waals surface area contributed by atoms with Crippen LogP contribution in [0.15, 0.2) is 121 Å². The van der Waals surface area contributed by atoms with E-state index in [1.54, 1.807) is 12.1 Å². The summed E-state index contributed by atoms with van der Waals surface area (Å²) in [6.45, 7) is 0. The van der Waals surface area contributed by atoms with Gasteiger partial charge in [-0.2, -0.15) is 0 Å². The molecule has 2 heteroatoms. The number of halogens is 1. The number of nitrogens with zero attached hydrogens (tertiary/aromatic N) is 1. The van der Waals surface area contributed by atoms with Gasteiger partial charge in [-0.25, -0.2) is 4.39 Å². The average molecular weight is 462 g/mol. The van der Waals surface area contributed by atoms with Crippen LogP contribution >= 0.6 is 0 Å². The van der Waals surface area contributed by atoms with Crippen molar-refractivity contribution in [2.45, 2.75) is 0 Å². The van der Waals surface area contributed by atoms with Gasteiger partial charge in [-0.05, 0) is 62.6 Å². The summed E-state index contributed by atoms with van der Waals surface area (Å²) in [5, 5.41) is 12.5. The van der Waals surface area contributed by atoms with Crippen LogP contribution in [0, 0.1) is 5.82 Å². The van der Waals surface area contributed by atoms with Crippen LogP contribution in [0.25, 0.3) is 70.6 Å². The number of para-hydroxylation sites is 1. The van der Waals surface area contributed by atoms with Gasteiger partial charge in [0.2, 0.25) is 0 Å². The quantitative estimate of drug-likeness (QED) is 0.215. The molecule has 0 unspecified atom stereocenters. The molecule has 1 nitrogen and oxygen atoms in total. The number of hydrogen-bond acceptors (Lipinski definition) is 0. The molecule has 8 rings (SSSR count). The van der Waals surface area contributed by atoms with Gasteiger partial charge in [0.15, 0.2) is 0 Å². The van der Waals surface area contributed by atoms with Crippen molar-refractivity contribution in [3.05, 3.63) is 127 Å². The summed E-state index contributed by atoms with van der Waals surface area (Å²) in [5.41, 5.74) is 3.23. The summed E-state index contributed by atoms with van der Waals surface area (Å²) in [6.07, 6.45) is 0. The number of aromatic nitrogens is 1. The second-order valence-corrected chi connectivity index (χ2v) is 9.44. The van der Waals surface area contributed by atoms with E-state index < -0.39 is 0 Å². The van der Waals surface area contributed by atoms with Gasteiger partial charge >= 0.3 is 0 Å². The van der Waals surface area contributed by atoms with Crippen molar-refractivity contribution in [2.75, 3.05) is 0 Å². The van der Waals surface area contributed by atoms with Crippen LogP contribution in [0.1, 0.15) is 0 Å². The third-order valence-electron chi connectivity index (χ3n) is 7.59. The Morgan fingerprint density at radius 3 is 1.50 bits per heavy atom. The molecule has 168 valence electrons. The molecule has 0 spiro atoms. The third-order valence-corrected chi connectivity index (χ3v) is 7.59. The fraction of sp³-hybridized carbons (Fsp3) is 0. The molecule has 1 heterocycles. The van der Waals surface area contributed by atoms with Crippen LogP contribution in [0.4, 0.5) is 4.39 Å². The Morgan fingerprint density at radius 1 is 0.389 bits per heavy atom. The molecular formula is C34H20FN. The van der Waals surface area contributed by atoms with Gasteiger partial charge in [0, 0.05) is 27.2 Å². The van der Waals surface area contributed by atoms with Gasteiger partial charge in [0.05, 0.1) is 11.0 Å². The molecule has 0 saturated heterocycles. The number of fused-ring (bicyclic) bond motifs is 13. The third kappa shape index (κ3) is 2.48. The molecular weight excluding hydrogens is 441 g/mol. The minimum atomic E-state index is -0.229. The highest BCUT2D eigenvalue weighted by molar-refractivity contribution is 6.42. The van der Waals surface area contributed by atoms with Crippen molar-refractivity contribution in [2.24, 2.45) is 0 Å². The van der Waals surface area contributed by atoms with E-state index in [0.29, 0.717) is 0 Å². The van der Waals surface area contributed by atoms with Crippen LogP contribution < -0.4 is 0 Å². The number of hydrogen-bond donors (Lipinski definition) is 0. The van der Waals surface area contributed by atoms with E-state index in [-0.39, 0.29) is 5.82 Å². The number of benzene rings is 7. The lowest BCUT2D eigenvalue weighted by Gasteiger charge is -2.16. The first-order valence-electron chi connectivity index (χ1n) is 12.2. The topological polar surface area (TPSA) is 4.93 Å². The molecule has 0 amide bonds. The zero-order chi connectivity index (χ0) is 23.8. The van der Waals surface area contributed by atoms with Crippen LogP contribution in [0.2, 0.25) is 0 Å². The highest BCUT2D eigenvalue weighted by Gasteiger charge is 2.21. The minimum Gasteiger partial charge on any atom is -0.309 e. The summed E-state index contributed by atoms with van der Waals surface area (Å²) < 4.78 is 16.2. The zero-order valence-corrected chi connectivity index (χ0v) is 19.4. The molecule has 8 aromatic rings. The summed E-state index contributed by atoms with van der Waals surface area (Å²) >= 11 is 0. The first-order valence-corrected chi connectivity index (χ1v) is 12.2. The van der Waals surface area contributed by atoms with E-state index in [9.17, 15) is 4.39 Å². The Kier molecular flexibility index (Phi) is 3.90. The Balaban J connectivity index is 1.79. The Labute approximate surface area is 206 Å². The largest absolute Gasteiger partial charge is 0.309 e. The van der Waals surface area contributed by atoms with Crippen molar-refractivity contribution in [1.29, 1.82) is 0 Å². The molecule has 0 N–H and O–H groups in total. The molecule has 0 saturated carbocycles.